The number of H-pyrrole nitrogens is 1. The highest BCUT2D eigenvalue weighted by Gasteiger charge is 2.32. The number of carboxylic acid groups (broad SMARTS) is 1. The average molecular weight is 253 g/mol. The Balaban J connectivity index is 2.60. The fourth-order valence-electron chi connectivity index (χ4n) is 2.15. The van der Waals surface area contributed by atoms with Gasteiger partial charge in [0.05, 0.1) is 0 Å². The number of hydrogen-bond donors (Lipinski definition) is 2. The third-order valence-corrected chi connectivity index (χ3v) is 4.36. The van der Waals surface area contributed by atoms with E-state index in [0.29, 0.717) is 11.4 Å². The molecule has 0 radical (unpaired) electrons. The summed E-state index contributed by atoms with van der Waals surface area (Å²) in [6.07, 6.45) is 1.78. The molecule has 92 valence electrons. The molecule has 1 unspecified atom stereocenters. The van der Waals surface area contributed by atoms with Gasteiger partial charge in [0.2, 0.25) is 0 Å². The zero-order valence-corrected chi connectivity index (χ0v) is 10.7. The van der Waals surface area contributed by atoms with Crippen molar-refractivity contribution in [1.29, 1.82) is 0 Å². The maximum absolute atomic E-state index is 11.8. The molecule has 0 saturated heterocycles. The molecule has 17 heavy (non-hydrogen) atoms. The molecule has 0 spiro atoms. The second-order valence-electron chi connectivity index (χ2n) is 4.25. The molecular weight excluding hydrogens is 238 g/mol. The fourth-order valence-corrected chi connectivity index (χ4v) is 3.57. The molecule has 0 aliphatic carbocycles. The number of carbonyl (C=O) groups is 1. The average Bonchev–Trinajstić information content (AvgIpc) is 2.68. The van der Waals surface area contributed by atoms with Crippen molar-refractivity contribution in [2.75, 3.05) is 5.75 Å². The van der Waals surface area contributed by atoms with Crippen LogP contribution in [0, 0.1) is 6.92 Å². The highest BCUT2D eigenvalue weighted by Crippen LogP contribution is 2.40. The number of rotatable bonds is 3. The number of aliphatic carboxylic acids is 1. The van der Waals surface area contributed by atoms with E-state index in [9.17, 15) is 9.59 Å². The third-order valence-electron chi connectivity index (χ3n) is 3.10. The van der Waals surface area contributed by atoms with Gasteiger partial charge in [0.1, 0.15) is 5.92 Å². The molecule has 2 rings (SSSR count). The van der Waals surface area contributed by atoms with Crippen molar-refractivity contribution < 1.29 is 9.90 Å². The Kier molecular flexibility index (Phi) is 3.28. The minimum absolute atomic E-state index is 0.152. The molecule has 5 heteroatoms. The van der Waals surface area contributed by atoms with E-state index in [1.165, 1.54) is 0 Å². The van der Waals surface area contributed by atoms with E-state index >= 15 is 0 Å². The van der Waals surface area contributed by atoms with Crippen LogP contribution < -0.4 is 5.56 Å². The number of thioether (sulfide) groups is 1. The molecule has 1 aliphatic heterocycles. The highest BCUT2D eigenvalue weighted by atomic mass is 32.2. The molecule has 1 aliphatic rings. The minimum Gasteiger partial charge on any atom is -0.481 e. The summed E-state index contributed by atoms with van der Waals surface area (Å²) in [6, 6.07) is 0. The molecule has 4 nitrogen and oxygen atoms in total. The van der Waals surface area contributed by atoms with Gasteiger partial charge >= 0.3 is 5.97 Å². The molecule has 0 aromatic carbocycles. The first-order valence-corrected chi connectivity index (χ1v) is 6.66. The zero-order valence-electron chi connectivity index (χ0n) is 9.87. The topological polar surface area (TPSA) is 70.2 Å². The van der Waals surface area contributed by atoms with Gasteiger partial charge in [0.15, 0.2) is 0 Å². The maximum Gasteiger partial charge on any atom is 0.313 e. The maximum atomic E-state index is 11.8. The van der Waals surface area contributed by atoms with Crippen molar-refractivity contribution >= 4 is 17.7 Å². The first kappa shape index (κ1) is 12.2. The monoisotopic (exact) mass is 253 g/mol. The largest absolute Gasteiger partial charge is 0.481 e. The van der Waals surface area contributed by atoms with E-state index in [2.05, 4.69) is 11.9 Å². The normalized spacial score (nSPS) is 18.1. The number of pyridine rings is 1. The van der Waals surface area contributed by atoms with Crippen LogP contribution in [-0.2, 0) is 11.2 Å². The van der Waals surface area contributed by atoms with E-state index in [1.807, 2.05) is 0 Å². The quantitative estimate of drug-likeness (QED) is 0.863. The number of hydrogen-bond acceptors (Lipinski definition) is 3. The summed E-state index contributed by atoms with van der Waals surface area (Å²) in [7, 11) is 0. The number of fused-ring (bicyclic) bond motifs is 1. The summed E-state index contributed by atoms with van der Waals surface area (Å²) in [4.78, 5) is 26.6. The second-order valence-corrected chi connectivity index (χ2v) is 5.28. The number of aromatic amines is 1. The lowest BCUT2D eigenvalue weighted by Gasteiger charge is -2.11. The van der Waals surface area contributed by atoms with Gasteiger partial charge in [-0.25, -0.2) is 0 Å². The third kappa shape index (κ3) is 1.99. The van der Waals surface area contributed by atoms with Crippen molar-refractivity contribution in [2.45, 2.75) is 37.5 Å². The Morgan fingerprint density at radius 1 is 1.59 bits per heavy atom. The van der Waals surface area contributed by atoms with E-state index in [1.54, 1.807) is 18.7 Å². The Bertz CT molecular complexity index is 521. The van der Waals surface area contributed by atoms with Crippen molar-refractivity contribution in [1.82, 2.24) is 4.98 Å². The molecule has 1 atom stereocenters. The summed E-state index contributed by atoms with van der Waals surface area (Å²) in [5.41, 5.74) is 2.20. The molecule has 1 aromatic heterocycles. The lowest BCUT2D eigenvalue weighted by molar-refractivity contribution is -0.138. The van der Waals surface area contributed by atoms with Gasteiger partial charge in [-0.1, -0.05) is 13.3 Å². The van der Waals surface area contributed by atoms with Crippen molar-refractivity contribution in [3.05, 3.63) is 27.2 Å². The number of carboxylic acids is 1. The van der Waals surface area contributed by atoms with E-state index in [0.717, 1.165) is 28.9 Å². The second kappa shape index (κ2) is 4.56. The Labute approximate surface area is 103 Å². The lowest BCUT2D eigenvalue weighted by Crippen LogP contribution is -2.20. The standard InChI is InChI=1S/C12H15NO3S/c1-3-4-7-6(2)11(14)13-9-8(12(15)16)5-17-10(7)9/h8H,3-5H2,1-2H3,(H,13,14)(H,15,16). The SMILES string of the molecule is CCCc1c2c([nH]c(=O)c1C)C(C(=O)O)CS2. The molecule has 1 aromatic rings. The smallest absolute Gasteiger partial charge is 0.313 e. The van der Waals surface area contributed by atoms with Crippen LogP contribution in [0.4, 0.5) is 0 Å². The Morgan fingerprint density at radius 3 is 2.88 bits per heavy atom. The summed E-state index contributed by atoms with van der Waals surface area (Å²) >= 11 is 1.54. The van der Waals surface area contributed by atoms with Gasteiger partial charge in [0.25, 0.3) is 5.56 Å². The summed E-state index contributed by atoms with van der Waals surface area (Å²) < 4.78 is 0. The van der Waals surface area contributed by atoms with Crippen molar-refractivity contribution in [2.24, 2.45) is 0 Å². The van der Waals surface area contributed by atoms with E-state index in [4.69, 9.17) is 5.11 Å². The van der Waals surface area contributed by atoms with Crippen molar-refractivity contribution in [3.8, 4) is 0 Å². The van der Waals surface area contributed by atoms with Crippen LogP contribution in [0.15, 0.2) is 9.69 Å². The molecule has 0 fully saturated rings. The van der Waals surface area contributed by atoms with Gasteiger partial charge in [0, 0.05) is 21.9 Å². The van der Waals surface area contributed by atoms with Gasteiger partial charge in [-0.15, -0.1) is 11.8 Å². The van der Waals surface area contributed by atoms with E-state index < -0.39 is 11.9 Å². The molecule has 0 bridgehead atoms. The first-order chi connectivity index (χ1) is 8.06. The van der Waals surface area contributed by atoms with Crippen LogP contribution in [0.25, 0.3) is 0 Å². The van der Waals surface area contributed by atoms with Gasteiger partial charge in [-0.3, -0.25) is 9.59 Å². The highest BCUT2D eigenvalue weighted by molar-refractivity contribution is 7.99. The molecule has 0 saturated carbocycles. The predicted molar refractivity (Wildman–Crippen MR) is 66.9 cm³/mol. The number of aromatic nitrogens is 1. The van der Waals surface area contributed by atoms with Crippen LogP contribution in [0.2, 0.25) is 0 Å². The van der Waals surface area contributed by atoms with Crippen LogP contribution >= 0.6 is 11.8 Å². The van der Waals surface area contributed by atoms with Crippen LogP contribution in [0.5, 0.6) is 0 Å². The van der Waals surface area contributed by atoms with E-state index in [-0.39, 0.29) is 5.56 Å². The molecule has 2 heterocycles. The summed E-state index contributed by atoms with van der Waals surface area (Å²) in [5, 5.41) is 9.11. The minimum atomic E-state index is -0.863. The predicted octanol–water partition coefficient (Wildman–Crippen LogP) is 1.91. The molecule has 2 N–H and O–H groups in total. The lowest BCUT2D eigenvalue weighted by atomic mass is 10.0. The first-order valence-electron chi connectivity index (χ1n) is 5.67. The van der Waals surface area contributed by atoms with Crippen LogP contribution in [-0.4, -0.2) is 21.8 Å². The summed E-state index contributed by atoms with van der Waals surface area (Å²) in [6.45, 7) is 3.86. The Hall–Kier alpha value is -1.23. The van der Waals surface area contributed by atoms with Gasteiger partial charge < -0.3 is 10.1 Å². The van der Waals surface area contributed by atoms with Gasteiger partial charge in [-0.2, -0.15) is 0 Å². The van der Waals surface area contributed by atoms with Crippen molar-refractivity contribution in [3.63, 3.8) is 0 Å². The fraction of sp³-hybridized carbons (Fsp3) is 0.500. The van der Waals surface area contributed by atoms with Crippen LogP contribution in [0.3, 0.4) is 0 Å². The zero-order chi connectivity index (χ0) is 12.6. The van der Waals surface area contributed by atoms with Crippen LogP contribution in [0.1, 0.15) is 36.1 Å². The van der Waals surface area contributed by atoms with Gasteiger partial charge in [-0.05, 0) is 18.9 Å². The molecular formula is C12H15NO3S. The Morgan fingerprint density at radius 2 is 2.29 bits per heavy atom. The number of nitrogens with one attached hydrogen (secondary N) is 1. The molecule has 0 amide bonds. The summed E-state index contributed by atoms with van der Waals surface area (Å²) in [5.74, 6) is -0.919.